The molecular weight excluding hydrogens is 200 g/mol. The Morgan fingerprint density at radius 3 is 2.31 bits per heavy atom. The highest BCUT2D eigenvalue weighted by Crippen LogP contribution is 2.30. The van der Waals surface area contributed by atoms with Gasteiger partial charge in [-0.1, -0.05) is 12.1 Å². The lowest BCUT2D eigenvalue weighted by Crippen LogP contribution is -2.23. The van der Waals surface area contributed by atoms with Gasteiger partial charge in [-0.25, -0.2) is 0 Å². The Morgan fingerprint density at radius 1 is 1.12 bits per heavy atom. The zero-order valence-corrected chi connectivity index (χ0v) is 10.7. The van der Waals surface area contributed by atoms with E-state index >= 15 is 0 Å². The molecule has 16 heavy (non-hydrogen) atoms. The van der Waals surface area contributed by atoms with Crippen molar-refractivity contribution in [2.75, 3.05) is 6.61 Å². The van der Waals surface area contributed by atoms with Gasteiger partial charge in [0, 0.05) is 6.61 Å². The van der Waals surface area contributed by atoms with Crippen LogP contribution in [0.5, 0.6) is 0 Å². The van der Waals surface area contributed by atoms with Gasteiger partial charge < -0.3 is 10.2 Å². The van der Waals surface area contributed by atoms with Crippen LogP contribution < -0.4 is 0 Å². The molecular formula is C14H22O2. The Balaban J connectivity index is 3.08. The fourth-order valence-electron chi connectivity index (χ4n) is 2.10. The molecule has 2 N–H and O–H groups in total. The van der Waals surface area contributed by atoms with Gasteiger partial charge in [-0.15, -0.1) is 0 Å². The van der Waals surface area contributed by atoms with Gasteiger partial charge in [0.1, 0.15) is 0 Å². The van der Waals surface area contributed by atoms with Crippen LogP contribution in [0.3, 0.4) is 0 Å². The maximum atomic E-state index is 10.4. The Morgan fingerprint density at radius 2 is 1.75 bits per heavy atom. The standard InChI is InChI=1S/C14H22O2/c1-10-6-7-13(12(3)11(10)2)14(4,16)8-5-9-15/h6-7,15-16H,5,8-9H2,1-4H3. The van der Waals surface area contributed by atoms with E-state index in [1.165, 1.54) is 11.1 Å². The Kier molecular flexibility index (Phi) is 4.11. The van der Waals surface area contributed by atoms with Crippen LogP contribution in [-0.4, -0.2) is 16.8 Å². The maximum absolute atomic E-state index is 10.4. The second kappa shape index (κ2) is 4.98. The van der Waals surface area contributed by atoms with Crippen LogP contribution in [0.1, 0.15) is 42.0 Å². The number of aryl methyl sites for hydroxylation is 1. The predicted octanol–water partition coefficient (Wildman–Crippen LogP) is 2.59. The first-order valence-electron chi connectivity index (χ1n) is 5.80. The van der Waals surface area contributed by atoms with Crippen molar-refractivity contribution in [3.8, 4) is 0 Å². The molecule has 1 unspecified atom stereocenters. The Labute approximate surface area is 97.9 Å². The van der Waals surface area contributed by atoms with Crippen molar-refractivity contribution >= 4 is 0 Å². The fraction of sp³-hybridized carbons (Fsp3) is 0.571. The molecule has 1 rings (SSSR count). The summed E-state index contributed by atoms with van der Waals surface area (Å²) in [5.74, 6) is 0. The van der Waals surface area contributed by atoms with E-state index in [4.69, 9.17) is 5.11 Å². The summed E-state index contributed by atoms with van der Waals surface area (Å²) in [6, 6.07) is 4.04. The smallest absolute Gasteiger partial charge is 0.0872 e. The van der Waals surface area contributed by atoms with Gasteiger partial charge in [0.25, 0.3) is 0 Å². The molecule has 0 aliphatic carbocycles. The second-order valence-electron chi connectivity index (χ2n) is 4.78. The summed E-state index contributed by atoms with van der Waals surface area (Å²) in [4.78, 5) is 0. The minimum Gasteiger partial charge on any atom is -0.396 e. The van der Waals surface area contributed by atoms with Gasteiger partial charge in [0.2, 0.25) is 0 Å². The molecule has 0 aliphatic heterocycles. The average Bonchev–Trinajstić information content (AvgIpc) is 2.23. The quantitative estimate of drug-likeness (QED) is 0.822. The number of rotatable bonds is 4. The minimum atomic E-state index is -0.842. The number of benzene rings is 1. The lowest BCUT2D eigenvalue weighted by molar-refractivity contribution is 0.0397. The second-order valence-corrected chi connectivity index (χ2v) is 4.78. The minimum absolute atomic E-state index is 0.125. The zero-order valence-electron chi connectivity index (χ0n) is 10.7. The lowest BCUT2D eigenvalue weighted by Gasteiger charge is -2.27. The molecule has 2 nitrogen and oxygen atoms in total. The molecule has 90 valence electrons. The number of hydrogen-bond donors (Lipinski definition) is 2. The molecule has 0 aromatic heterocycles. The van der Waals surface area contributed by atoms with Gasteiger partial charge >= 0.3 is 0 Å². The van der Waals surface area contributed by atoms with Crippen molar-refractivity contribution in [2.24, 2.45) is 0 Å². The van der Waals surface area contributed by atoms with Crippen molar-refractivity contribution in [1.29, 1.82) is 0 Å². The van der Waals surface area contributed by atoms with Gasteiger partial charge in [0.05, 0.1) is 5.60 Å². The molecule has 0 saturated carbocycles. The maximum Gasteiger partial charge on any atom is 0.0872 e. The van der Waals surface area contributed by atoms with E-state index in [9.17, 15) is 5.11 Å². The first-order chi connectivity index (χ1) is 7.40. The third-order valence-electron chi connectivity index (χ3n) is 3.46. The molecule has 0 aliphatic rings. The Bertz CT molecular complexity index is 367. The lowest BCUT2D eigenvalue weighted by atomic mass is 9.85. The zero-order chi connectivity index (χ0) is 12.3. The fourth-order valence-corrected chi connectivity index (χ4v) is 2.10. The van der Waals surface area contributed by atoms with Gasteiger partial charge in [-0.2, -0.15) is 0 Å². The molecule has 1 atom stereocenters. The third-order valence-corrected chi connectivity index (χ3v) is 3.46. The summed E-state index contributed by atoms with van der Waals surface area (Å²) in [6.07, 6.45) is 1.21. The van der Waals surface area contributed by atoms with Crippen LogP contribution in [0.2, 0.25) is 0 Å². The summed E-state index contributed by atoms with van der Waals surface area (Å²) < 4.78 is 0. The van der Waals surface area contributed by atoms with Crippen LogP contribution in [0.4, 0.5) is 0 Å². The summed E-state index contributed by atoms with van der Waals surface area (Å²) in [5, 5.41) is 19.2. The van der Waals surface area contributed by atoms with Gasteiger partial charge in [0.15, 0.2) is 0 Å². The van der Waals surface area contributed by atoms with Crippen LogP contribution >= 0.6 is 0 Å². The van der Waals surface area contributed by atoms with Crippen LogP contribution in [0.15, 0.2) is 12.1 Å². The topological polar surface area (TPSA) is 40.5 Å². The van der Waals surface area contributed by atoms with E-state index in [1.54, 1.807) is 0 Å². The molecule has 0 fully saturated rings. The molecule has 0 radical (unpaired) electrons. The van der Waals surface area contributed by atoms with Crippen molar-refractivity contribution in [3.63, 3.8) is 0 Å². The number of aliphatic hydroxyl groups excluding tert-OH is 1. The van der Waals surface area contributed by atoms with Crippen molar-refractivity contribution < 1.29 is 10.2 Å². The number of hydrogen-bond acceptors (Lipinski definition) is 2. The highest BCUT2D eigenvalue weighted by molar-refractivity contribution is 5.41. The molecule has 2 heteroatoms. The van der Waals surface area contributed by atoms with E-state index in [-0.39, 0.29) is 6.61 Å². The number of aliphatic hydroxyl groups is 2. The van der Waals surface area contributed by atoms with E-state index in [0.29, 0.717) is 12.8 Å². The van der Waals surface area contributed by atoms with Crippen molar-refractivity contribution in [3.05, 3.63) is 34.4 Å². The van der Waals surface area contributed by atoms with Crippen LogP contribution in [0, 0.1) is 20.8 Å². The summed E-state index contributed by atoms with van der Waals surface area (Å²) in [6.45, 7) is 8.15. The molecule has 0 bridgehead atoms. The van der Waals surface area contributed by atoms with Crippen molar-refractivity contribution in [2.45, 2.75) is 46.1 Å². The Hall–Kier alpha value is -0.860. The summed E-state index contributed by atoms with van der Waals surface area (Å²) in [5.41, 5.74) is 3.78. The van der Waals surface area contributed by atoms with Gasteiger partial charge in [-0.05, 0) is 62.8 Å². The average molecular weight is 222 g/mol. The SMILES string of the molecule is Cc1ccc(C(C)(O)CCCO)c(C)c1C. The first-order valence-corrected chi connectivity index (χ1v) is 5.80. The van der Waals surface area contributed by atoms with E-state index < -0.39 is 5.60 Å². The summed E-state index contributed by atoms with van der Waals surface area (Å²) in [7, 11) is 0. The molecule has 0 heterocycles. The molecule has 0 spiro atoms. The normalized spacial score (nSPS) is 14.9. The first kappa shape index (κ1) is 13.2. The third kappa shape index (κ3) is 2.63. The van der Waals surface area contributed by atoms with Crippen LogP contribution in [-0.2, 0) is 5.60 Å². The molecule has 0 saturated heterocycles. The van der Waals surface area contributed by atoms with E-state index in [0.717, 1.165) is 11.1 Å². The highest BCUT2D eigenvalue weighted by Gasteiger charge is 2.24. The summed E-state index contributed by atoms with van der Waals surface area (Å²) >= 11 is 0. The monoisotopic (exact) mass is 222 g/mol. The van der Waals surface area contributed by atoms with Crippen molar-refractivity contribution in [1.82, 2.24) is 0 Å². The molecule has 0 amide bonds. The predicted molar refractivity (Wildman–Crippen MR) is 66.5 cm³/mol. The van der Waals surface area contributed by atoms with E-state index in [1.807, 2.05) is 26.0 Å². The molecule has 1 aromatic rings. The van der Waals surface area contributed by atoms with Gasteiger partial charge in [-0.3, -0.25) is 0 Å². The van der Waals surface area contributed by atoms with Crippen LogP contribution in [0.25, 0.3) is 0 Å². The van der Waals surface area contributed by atoms with E-state index in [2.05, 4.69) is 13.8 Å². The largest absolute Gasteiger partial charge is 0.396 e. The molecule has 1 aromatic carbocycles. The highest BCUT2D eigenvalue weighted by atomic mass is 16.3.